The number of carbonyl (C=O) groups is 4. The van der Waals surface area contributed by atoms with Gasteiger partial charge in [-0.25, -0.2) is 23.0 Å². The highest BCUT2D eigenvalue weighted by molar-refractivity contribution is 6.45. The van der Waals surface area contributed by atoms with Gasteiger partial charge < -0.3 is 24.2 Å². The zero-order valence-electron chi connectivity index (χ0n) is 49.1. The molecule has 2 aliphatic heterocycles. The number of amides is 4. The first kappa shape index (κ1) is 67.2. The number of hydrogen-bond acceptors (Lipinski definition) is 7. The Morgan fingerprint density at radius 1 is 0.659 bits per heavy atom. The SMILES string of the molecule is COc1c(Cl)cc(Cl)c(Cl)c1Cc1c(C)c(Cl)cc(Cl)c1Cl.Cc1c(F)c(F)c(F)c(/C=N/NC(=O)c2ccccc2Oc2ccccc2)c1F.O=C1[C@H](Cc2ccccc2)N2C(=O)CCN(C(=O)CCc3ccccc3)[C@H]2CN1Cc1cccc2ccccc12. The van der Waals surface area contributed by atoms with Gasteiger partial charge in [-0.15, -0.1) is 0 Å². The van der Waals surface area contributed by atoms with E-state index in [2.05, 4.69) is 34.8 Å². The quantitative estimate of drug-likeness (QED) is 0.0359. The summed E-state index contributed by atoms with van der Waals surface area (Å²) in [5.74, 6) is -6.16. The summed E-state index contributed by atoms with van der Waals surface area (Å²) in [6.07, 6.45) is 2.08. The van der Waals surface area contributed by atoms with Crippen LogP contribution in [0.2, 0.25) is 30.1 Å². The van der Waals surface area contributed by atoms with Gasteiger partial charge >= 0.3 is 0 Å². The highest BCUT2D eigenvalue weighted by Gasteiger charge is 2.48. The minimum Gasteiger partial charge on any atom is -0.495 e. The van der Waals surface area contributed by atoms with Crippen molar-refractivity contribution in [1.82, 2.24) is 20.1 Å². The predicted octanol–water partition coefficient (Wildman–Crippen LogP) is 17.4. The lowest BCUT2D eigenvalue weighted by atomic mass is 9.96. The second-order valence-corrected chi connectivity index (χ2v) is 23.6. The van der Waals surface area contributed by atoms with Crippen LogP contribution in [0.3, 0.4) is 0 Å². The van der Waals surface area contributed by atoms with Crippen LogP contribution in [-0.2, 0) is 40.2 Å². The molecule has 0 bridgehead atoms. The fraction of sp³-hybridized carbons (Fsp3) is 0.186. The van der Waals surface area contributed by atoms with Crippen molar-refractivity contribution in [2.75, 3.05) is 20.2 Å². The summed E-state index contributed by atoms with van der Waals surface area (Å²) in [7, 11) is 1.51. The second-order valence-electron chi connectivity index (χ2n) is 21.2. The molecule has 2 heterocycles. The Hall–Kier alpha value is -8.15. The van der Waals surface area contributed by atoms with Gasteiger partial charge in [0, 0.05) is 54.9 Å². The molecule has 2 aliphatic rings. The summed E-state index contributed by atoms with van der Waals surface area (Å²) in [4.78, 5) is 58.8. The molecular formula is C70H57Cl6F4N5O6. The first-order valence-electron chi connectivity index (χ1n) is 28.5. The van der Waals surface area contributed by atoms with Crippen LogP contribution in [0.15, 0.2) is 175 Å². The Bertz CT molecular complexity index is 4130. The minimum absolute atomic E-state index is 0.0178. The van der Waals surface area contributed by atoms with Crippen LogP contribution in [0, 0.1) is 37.1 Å². The molecule has 9 aromatic carbocycles. The smallest absolute Gasteiger partial charge is 0.275 e. The fourth-order valence-electron chi connectivity index (χ4n) is 10.7. The topological polar surface area (TPSA) is 121 Å². The first-order chi connectivity index (χ1) is 43.8. The Morgan fingerprint density at radius 2 is 1.26 bits per heavy atom. The van der Waals surface area contributed by atoms with Crippen molar-refractivity contribution in [2.45, 2.75) is 64.7 Å². The van der Waals surface area contributed by atoms with Crippen LogP contribution in [0.5, 0.6) is 17.2 Å². The van der Waals surface area contributed by atoms with Crippen LogP contribution in [0.1, 0.15) is 67.7 Å². The molecule has 1 N–H and O–H groups in total. The van der Waals surface area contributed by atoms with Crippen LogP contribution in [-0.4, -0.2) is 76.9 Å². The van der Waals surface area contributed by atoms with Crippen LogP contribution < -0.4 is 14.9 Å². The summed E-state index contributed by atoms with van der Waals surface area (Å²) in [6.45, 7) is 3.92. The maximum Gasteiger partial charge on any atom is 0.275 e. The molecule has 468 valence electrons. The summed E-state index contributed by atoms with van der Waals surface area (Å²) in [5, 5.41) is 8.05. The third-order valence-corrected chi connectivity index (χ3v) is 17.8. The summed E-state index contributed by atoms with van der Waals surface area (Å²) in [5.41, 5.74) is 5.94. The molecule has 21 heteroatoms. The third-order valence-electron chi connectivity index (χ3n) is 15.5. The number of nitrogens with zero attached hydrogens (tertiary/aromatic N) is 4. The molecule has 2 saturated heterocycles. The van der Waals surface area contributed by atoms with Crippen molar-refractivity contribution < 1.29 is 46.2 Å². The van der Waals surface area contributed by atoms with E-state index in [1.807, 2.05) is 95.6 Å². The molecular weight excluding hydrogens is 1300 g/mol. The Labute approximate surface area is 553 Å². The lowest BCUT2D eigenvalue weighted by molar-refractivity contribution is -0.174. The van der Waals surface area contributed by atoms with Crippen LogP contribution in [0.25, 0.3) is 10.8 Å². The molecule has 4 amide bonds. The molecule has 0 unspecified atom stereocenters. The summed E-state index contributed by atoms with van der Waals surface area (Å²) < 4.78 is 65.6. The number of ether oxygens (including phenoxy) is 2. The fourth-order valence-corrected chi connectivity index (χ4v) is 12.3. The Kier molecular flexibility index (Phi) is 22.7. The zero-order valence-corrected chi connectivity index (χ0v) is 53.6. The number of piperazine rings is 1. The molecule has 0 aromatic heterocycles. The second kappa shape index (κ2) is 30.8. The third kappa shape index (κ3) is 15.8. The molecule has 0 spiro atoms. The van der Waals surface area contributed by atoms with E-state index < -0.39 is 52.5 Å². The predicted molar refractivity (Wildman–Crippen MR) is 351 cm³/mol. The molecule has 11 nitrogen and oxygen atoms in total. The van der Waals surface area contributed by atoms with Crippen molar-refractivity contribution in [2.24, 2.45) is 5.10 Å². The van der Waals surface area contributed by atoms with Crippen molar-refractivity contribution >= 4 is 110 Å². The van der Waals surface area contributed by atoms with E-state index in [9.17, 15) is 36.7 Å². The number of halogens is 10. The largest absolute Gasteiger partial charge is 0.495 e. The van der Waals surface area contributed by atoms with Crippen molar-refractivity contribution in [1.29, 1.82) is 0 Å². The van der Waals surface area contributed by atoms with Gasteiger partial charge in [0.2, 0.25) is 17.7 Å². The van der Waals surface area contributed by atoms with Crippen LogP contribution >= 0.6 is 69.6 Å². The molecule has 2 fully saturated rings. The minimum atomic E-state index is -1.82. The number of hydrazone groups is 1. The van der Waals surface area contributed by atoms with Gasteiger partial charge in [-0.2, -0.15) is 5.10 Å². The summed E-state index contributed by atoms with van der Waals surface area (Å²) >= 11 is 37.1. The Balaban J connectivity index is 0.000000170. The number of aryl methyl sites for hydroxylation is 1. The van der Waals surface area contributed by atoms with E-state index in [0.717, 1.165) is 45.5 Å². The van der Waals surface area contributed by atoms with Gasteiger partial charge in [0.25, 0.3) is 5.91 Å². The van der Waals surface area contributed by atoms with Gasteiger partial charge in [0.1, 0.15) is 35.3 Å². The van der Waals surface area contributed by atoms with Gasteiger partial charge in [0.15, 0.2) is 17.5 Å². The number of nitrogens with one attached hydrogen (secondary N) is 1. The molecule has 0 aliphatic carbocycles. The van der Waals surface area contributed by atoms with E-state index in [1.54, 1.807) is 59.5 Å². The van der Waals surface area contributed by atoms with Gasteiger partial charge in [-0.3, -0.25) is 19.2 Å². The average molecular weight is 1350 g/mol. The lowest BCUT2D eigenvalue weighted by Gasteiger charge is -2.52. The lowest BCUT2D eigenvalue weighted by Crippen LogP contribution is -2.71. The maximum atomic E-state index is 14.1. The van der Waals surface area contributed by atoms with E-state index in [1.165, 1.54) is 19.2 Å². The zero-order chi connectivity index (χ0) is 65.0. The number of carbonyl (C=O) groups excluding carboxylic acids is 4. The van der Waals surface area contributed by atoms with E-state index in [0.29, 0.717) is 98.7 Å². The van der Waals surface area contributed by atoms with E-state index in [-0.39, 0.29) is 35.5 Å². The molecule has 0 radical (unpaired) electrons. The maximum absolute atomic E-state index is 14.1. The number of benzene rings is 9. The Morgan fingerprint density at radius 3 is 1.96 bits per heavy atom. The normalized spacial score (nSPS) is 14.5. The first-order valence-corrected chi connectivity index (χ1v) is 30.8. The number of rotatable bonds is 15. The molecule has 9 aromatic rings. The summed E-state index contributed by atoms with van der Waals surface area (Å²) in [6, 6.07) is 51.6. The standard InChI is InChI=1S/C34H33N3O3.C21H14F4N2O2.C15H10Cl6O/c38-32(19-18-25-10-3-1-4-11-25)36-21-20-33(39)37-30(22-26-12-5-2-6-13-26)34(40)35(24-31(36)37)23-28-16-9-15-27-14-7-8-17-29(27)28;1-12-17(22)15(19(24)20(25)18(12)23)11-26-27-21(28)14-9-5-6-10-16(14)29-13-7-3-2-4-8-13;1-6-7(13(20)10(17)4-9(6)16)3-8-14(21)11(18)5-12(19)15(8)22-2/h1-17,30-31H,18-24H2;2-11H,1H3,(H,27,28);4-5H,3H2,1-2H3/b;26-11+;/t30-,31+;;/m0../s1. The van der Waals surface area contributed by atoms with Gasteiger partial charge in [0.05, 0.1) is 56.1 Å². The van der Waals surface area contributed by atoms with Gasteiger partial charge in [-0.1, -0.05) is 203 Å². The monoisotopic (exact) mass is 1350 g/mol. The van der Waals surface area contributed by atoms with Crippen molar-refractivity contribution in [3.8, 4) is 17.2 Å². The van der Waals surface area contributed by atoms with E-state index in [4.69, 9.17) is 79.1 Å². The molecule has 0 saturated carbocycles. The molecule has 91 heavy (non-hydrogen) atoms. The van der Waals surface area contributed by atoms with Crippen molar-refractivity contribution in [3.05, 3.63) is 273 Å². The van der Waals surface area contributed by atoms with Crippen molar-refractivity contribution in [3.63, 3.8) is 0 Å². The average Bonchev–Trinajstić information content (AvgIpc) is 0.775. The van der Waals surface area contributed by atoms with E-state index >= 15 is 0 Å². The van der Waals surface area contributed by atoms with Gasteiger partial charge in [-0.05, 0) is 95.3 Å². The number of hydrogen-bond donors (Lipinski definition) is 1. The molecule has 11 rings (SSSR count). The number of fused-ring (bicyclic) bond motifs is 2. The number of para-hydroxylation sites is 2. The highest BCUT2D eigenvalue weighted by atomic mass is 35.5. The highest BCUT2D eigenvalue weighted by Crippen LogP contribution is 2.43. The number of methoxy groups -OCH3 is 1. The molecule has 2 atom stereocenters. The van der Waals surface area contributed by atoms with Crippen LogP contribution in [0.4, 0.5) is 17.6 Å².